The molecule has 0 aromatic rings. The summed E-state index contributed by atoms with van der Waals surface area (Å²) in [4.78, 5) is 3.67. The first-order valence-corrected chi connectivity index (χ1v) is 10.6. The van der Waals surface area contributed by atoms with Crippen LogP contribution in [0, 0.1) is 0 Å². The predicted molar refractivity (Wildman–Crippen MR) is 122 cm³/mol. The van der Waals surface area contributed by atoms with E-state index in [1.807, 2.05) is 13.8 Å². The molecule has 2 N–H and O–H groups in total. The third kappa shape index (κ3) is 23.6. The zero-order chi connectivity index (χ0) is 22.0. The highest BCUT2D eigenvalue weighted by Crippen LogP contribution is 2.18. The van der Waals surface area contributed by atoms with Crippen LogP contribution in [0.5, 0.6) is 0 Å². The van der Waals surface area contributed by atoms with Gasteiger partial charge in [-0.1, -0.05) is 52.2 Å². The summed E-state index contributed by atoms with van der Waals surface area (Å²) >= 11 is 0. The topological polar surface area (TPSA) is 56.8 Å². The van der Waals surface area contributed by atoms with Crippen LogP contribution in [0.3, 0.4) is 0 Å². The number of nitrogens with zero attached hydrogens (tertiary/aromatic N) is 1. The molecule has 0 aromatic carbocycles. The number of unbranched alkanes of at least 4 members (excludes halogenated alkanes) is 3. The van der Waals surface area contributed by atoms with Gasteiger partial charge < -0.3 is 15.2 Å². The van der Waals surface area contributed by atoms with Gasteiger partial charge in [0.15, 0.2) is 0 Å². The van der Waals surface area contributed by atoms with Crippen molar-refractivity contribution >= 4 is 5.87 Å². The van der Waals surface area contributed by atoms with Gasteiger partial charge >= 0.3 is 0 Å². The van der Waals surface area contributed by atoms with Crippen LogP contribution in [0.25, 0.3) is 0 Å². The fourth-order valence-corrected chi connectivity index (χ4v) is 2.30. The van der Waals surface area contributed by atoms with Gasteiger partial charge in [0, 0.05) is 30.3 Å². The van der Waals surface area contributed by atoms with E-state index < -0.39 is 0 Å². The summed E-state index contributed by atoms with van der Waals surface area (Å²) in [5.41, 5.74) is 19.9. The van der Waals surface area contributed by atoms with Crippen LogP contribution >= 0.6 is 0 Å². The highest BCUT2D eigenvalue weighted by molar-refractivity contribution is 5.51. The highest BCUT2D eigenvalue weighted by Gasteiger charge is 2.12. The zero-order valence-electron chi connectivity index (χ0n) is 18.6. The summed E-state index contributed by atoms with van der Waals surface area (Å²) in [7, 11) is 0. The summed E-state index contributed by atoms with van der Waals surface area (Å²) in [5.74, 6) is 2.63. The van der Waals surface area contributed by atoms with Crippen LogP contribution in [-0.2, 0) is 9.47 Å². The van der Waals surface area contributed by atoms with Gasteiger partial charge in [0.2, 0.25) is 5.88 Å². The minimum Gasteiger partial charge on any atom is -0.476 e. The summed E-state index contributed by atoms with van der Waals surface area (Å²) in [6, 6.07) is 0. The molecule has 1 unspecified atom stereocenters. The van der Waals surface area contributed by atoms with Crippen molar-refractivity contribution in [3.63, 3.8) is 0 Å². The molecule has 1 heterocycles. The second kappa shape index (κ2) is 25.6. The van der Waals surface area contributed by atoms with Crippen LogP contribution < -0.4 is 5.73 Å². The molecule has 0 saturated carbocycles. The quantitative estimate of drug-likeness (QED) is 0.232. The fourth-order valence-electron chi connectivity index (χ4n) is 2.30. The Morgan fingerprint density at radius 1 is 1.10 bits per heavy atom. The summed E-state index contributed by atoms with van der Waals surface area (Å²) in [5, 5.41) is 0. The van der Waals surface area contributed by atoms with Crippen molar-refractivity contribution in [1.29, 1.82) is 0 Å². The molecular weight excluding hydrogens is 360 g/mol. The van der Waals surface area contributed by atoms with E-state index in [2.05, 4.69) is 65.3 Å². The van der Waals surface area contributed by atoms with Crippen molar-refractivity contribution in [2.75, 3.05) is 19.8 Å². The number of rotatable bonds is 9. The molecule has 29 heavy (non-hydrogen) atoms. The molecular formula is C25H38N2O2. The molecule has 0 radical (unpaired) electrons. The minimum absolute atomic E-state index is 0.222. The first-order chi connectivity index (χ1) is 14.2. The maximum atomic E-state index is 5.66. The lowest BCUT2D eigenvalue weighted by atomic mass is 10.0. The van der Waals surface area contributed by atoms with E-state index in [1.165, 1.54) is 51.4 Å². The number of hydrogen-bond donors (Lipinski definition) is 1. The van der Waals surface area contributed by atoms with Gasteiger partial charge in [0.25, 0.3) is 0 Å². The molecule has 1 saturated heterocycles. The lowest BCUT2D eigenvalue weighted by Crippen LogP contribution is -2.18. The van der Waals surface area contributed by atoms with E-state index in [-0.39, 0.29) is 5.88 Å². The Morgan fingerprint density at radius 2 is 1.83 bits per heavy atom. The minimum atomic E-state index is 0.222. The molecule has 0 aromatic heterocycles. The first kappa shape index (κ1) is 28.8. The second-order valence-corrected chi connectivity index (χ2v) is 5.89. The largest absolute Gasteiger partial charge is 0.476 e. The van der Waals surface area contributed by atoms with Crippen molar-refractivity contribution in [3.05, 3.63) is 53.4 Å². The first-order valence-electron chi connectivity index (χ1n) is 10.6. The Morgan fingerprint density at radius 3 is 2.45 bits per heavy atom. The van der Waals surface area contributed by atoms with Crippen LogP contribution in [0.2, 0.25) is 0 Å². The summed E-state index contributed by atoms with van der Waals surface area (Å²) in [6.45, 7) is 14.8. The number of aliphatic imine (C=N–C) groups is 1. The van der Waals surface area contributed by atoms with E-state index in [4.69, 9.17) is 15.2 Å². The molecule has 0 spiro atoms. The molecule has 160 valence electrons. The molecule has 1 atom stereocenters. The van der Waals surface area contributed by atoms with Crippen molar-refractivity contribution in [2.45, 2.75) is 78.2 Å². The van der Waals surface area contributed by atoms with Crippen molar-refractivity contribution in [1.82, 2.24) is 0 Å². The van der Waals surface area contributed by atoms with Gasteiger partial charge in [-0.05, 0) is 50.3 Å². The molecule has 0 bridgehead atoms. The van der Waals surface area contributed by atoms with Crippen LogP contribution in [0.4, 0.5) is 0 Å². The van der Waals surface area contributed by atoms with Crippen molar-refractivity contribution in [2.24, 2.45) is 10.7 Å². The standard InChI is InChI=1S/C12H10N2O.C11H22O.C2H6/c1-3-4-5-6-7-8-10-14-12(2)15-11-9-13;1-2-3-4-5-8-11-9-6-7-10-12-11;1-2/h1-2,9,11,13H2;11H,2-10H2,1H3;1-2H3. The van der Waals surface area contributed by atoms with Gasteiger partial charge in [-0.15, -0.1) is 0 Å². The van der Waals surface area contributed by atoms with E-state index in [9.17, 15) is 0 Å². The average molecular weight is 399 g/mol. The molecule has 1 aliphatic rings. The van der Waals surface area contributed by atoms with Gasteiger partial charge in [-0.3, -0.25) is 0 Å². The van der Waals surface area contributed by atoms with Crippen molar-refractivity contribution in [3.8, 4) is 0 Å². The zero-order valence-corrected chi connectivity index (χ0v) is 18.6. The number of ether oxygens (including phenoxy) is 2. The molecule has 4 heteroatoms. The fraction of sp³-hybridized carbons (Fsp3) is 0.600. The molecule has 0 aliphatic carbocycles. The molecule has 1 aliphatic heterocycles. The molecule has 1 fully saturated rings. The predicted octanol–water partition coefficient (Wildman–Crippen LogP) is 5.77. The normalized spacial score (nSPS) is 13.4. The van der Waals surface area contributed by atoms with Crippen LogP contribution in [0.15, 0.2) is 58.4 Å². The van der Waals surface area contributed by atoms with Crippen LogP contribution in [0.1, 0.15) is 72.1 Å². The maximum absolute atomic E-state index is 5.66. The summed E-state index contributed by atoms with van der Waals surface area (Å²) < 4.78 is 10.6. The van der Waals surface area contributed by atoms with Crippen molar-refractivity contribution < 1.29 is 9.47 Å². The monoisotopic (exact) mass is 398 g/mol. The van der Waals surface area contributed by atoms with E-state index in [0.29, 0.717) is 19.3 Å². The highest BCUT2D eigenvalue weighted by atomic mass is 16.5. The van der Waals surface area contributed by atoms with E-state index in [0.717, 1.165) is 6.61 Å². The third-order valence-corrected chi connectivity index (χ3v) is 3.62. The Hall–Kier alpha value is -2.41. The Labute approximate surface area is 177 Å². The van der Waals surface area contributed by atoms with Gasteiger partial charge in [0.1, 0.15) is 6.61 Å². The SMILES string of the molecule is C=C=C=C=C=C=C=C=NC(=C)OCCN.CC.CCCCCCC1CCCCO1. The molecule has 1 rings (SSSR count). The van der Waals surface area contributed by atoms with Crippen LogP contribution in [-0.4, -0.2) is 31.7 Å². The van der Waals surface area contributed by atoms with E-state index in [1.54, 1.807) is 0 Å². The average Bonchev–Trinajstić information content (AvgIpc) is 2.77. The number of hydrogen-bond acceptors (Lipinski definition) is 4. The lowest BCUT2D eigenvalue weighted by molar-refractivity contribution is 0.00978. The lowest BCUT2D eigenvalue weighted by Gasteiger charge is -2.22. The van der Waals surface area contributed by atoms with E-state index >= 15 is 0 Å². The Kier molecular flexibility index (Phi) is 25.4. The smallest absolute Gasteiger partial charge is 0.214 e. The summed E-state index contributed by atoms with van der Waals surface area (Å²) in [6.07, 6.45) is 11.4. The maximum Gasteiger partial charge on any atom is 0.214 e. The third-order valence-electron chi connectivity index (χ3n) is 3.62. The second-order valence-electron chi connectivity index (χ2n) is 5.89. The Balaban J connectivity index is 0. The Bertz CT molecular complexity index is 662. The molecule has 4 nitrogen and oxygen atoms in total. The van der Waals surface area contributed by atoms with Gasteiger partial charge in [-0.2, -0.15) is 4.99 Å². The molecule has 0 amide bonds. The number of nitrogens with two attached hydrogens (primary N) is 1. The van der Waals surface area contributed by atoms with Gasteiger partial charge in [-0.25, -0.2) is 0 Å². The van der Waals surface area contributed by atoms with Gasteiger partial charge in [0.05, 0.1) is 12.0 Å².